The molecule has 1 saturated heterocycles. The van der Waals surface area contributed by atoms with Gasteiger partial charge < -0.3 is 15.0 Å². The zero-order valence-electron chi connectivity index (χ0n) is 14.0. The van der Waals surface area contributed by atoms with Crippen molar-refractivity contribution in [1.82, 2.24) is 19.7 Å². The average Bonchev–Trinajstić information content (AvgIpc) is 3.04. The van der Waals surface area contributed by atoms with Crippen LogP contribution in [-0.4, -0.2) is 50.4 Å². The zero-order valence-corrected chi connectivity index (χ0v) is 15.6. The largest absolute Gasteiger partial charge is 0.444 e. The van der Waals surface area contributed by atoms with Crippen molar-refractivity contribution in [1.29, 1.82) is 0 Å². The first kappa shape index (κ1) is 17.7. The molecule has 0 radical (unpaired) electrons. The number of ether oxygens (including phenoxy) is 1. The molecule has 134 valence electrons. The highest BCUT2D eigenvalue weighted by Gasteiger charge is 2.35. The number of carbonyl (C=O) groups excluding carboxylic acids is 2. The molecule has 0 saturated carbocycles. The number of halogens is 1. The minimum absolute atomic E-state index is 0.0625. The van der Waals surface area contributed by atoms with Gasteiger partial charge in [0, 0.05) is 24.7 Å². The predicted molar refractivity (Wildman–Crippen MR) is 94.1 cm³/mol. The van der Waals surface area contributed by atoms with E-state index >= 15 is 0 Å². The molecule has 25 heavy (non-hydrogen) atoms. The summed E-state index contributed by atoms with van der Waals surface area (Å²) in [5, 5.41) is 9.14. The number of aromatic nitrogens is 3. The summed E-state index contributed by atoms with van der Waals surface area (Å²) in [5.41, 5.74) is 0.0522. The van der Waals surface area contributed by atoms with Crippen molar-refractivity contribution in [3.8, 4) is 0 Å². The molecule has 1 aliphatic heterocycles. The summed E-state index contributed by atoms with van der Waals surface area (Å²) in [6.07, 6.45) is 2.96. The first-order valence-electron chi connectivity index (χ1n) is 7.66. The summed E-state index contributed by atoms with van der Waals surface area (Å²) in [6, 6.07) is 0.0625. The third-order valence-corrected chi connectivity index (χ3v) is 4.58. The van der Waals surface area contributed by atoms with Crippen molar-refractivity contribution in [2.24, 2.45) is 0 Å². The molecule has 0 aromatic carbocycles. The highest BCUT2D eigenvalue weighted by molar-refractivity contribution is 7.12. The summed E-state index contributed by atoms with van der Waals surface area (Å²) in [4.78, 5) is 29.5. The number of thiazole rings is 1. The van der Waals surface area contributed by atoms with Crippen LogP contribution in [0.25, 0.3) is 0 Å². The van der Waals surface area contributed by atoms with Gasteiger partial charge in [-0.3, -0.25) is 9.48 Å². The molecule has 0 aliphatic carbocycles. The van der Waals surface area contributed by atoms with Gasteiger partial charge in [0.25, 0.3) is 5.91 Å². The van der Waals surface area contributed by atoms with Gasteiger partial charge in [-0.2, -0.15) is 5.10 Å². The Morgan fingerprint density at radius 1 is 1.40 bits per heavy atom. The Morgan fingerprint density at radius 2 is 2.12 bits per heavy atom. The number of likely N-dealkylation sites (tertiary alicyclic amines) is 1. The van der Waals surface area contributed by atoms with Crippen molar-refractivity contribution >= 4 is 40.6 Å². The first-order chi connectivity index (χ1) is 11.7. The van der Waals surface area contributed by atoms with Crippen molar-refractivity contribution in [3.63, 3.8) is 0 Å². The van der Waals surface area contributed by atoms with Crippen LogP contribution in [-0.2, 0) is 4.74 Å². The predicted octanol–water partition coefficient (Wildman–Crippen LogP) is 3.04. The number of nitrogens with zero attached hydrogens (tertiary/aromatic N) is 4. The average molecular weight is 384 g/mol. The van der Waals surface area contributed by atoms with E-state index in [9.17, 15) is 9.59 Å². The van der Waals surface area contributed by atoms with Crippen LogP contribution in [0.4, 0.5) is 10.5 Å². The zero-order chi connectivity index (χ0) is 18.2. The summed E-state index contributed by atoms with van der Waals surface area (Å²) in [5.74, 6) is -0.333. The van der Waals surface area contributed by atoms with Crippen LogP contribution in [0.2, 0.25) is 5.15 Å². The van der Waals surface area contributed by atoms with Crippen molar-refractivity contribution in [2.45, 2.75) is 32.4 Å². The quantitative estimate of drug-likeness (QED) is 0.879. The minimum atomic E-state index is -0.510. The second-order valence-electron chi connectivity index (χ2n) is 6.68. The van der Waals surface area contributed by atoms with Gasteiger partial charge in [-0.15, -0.1) is 11.3 Å². The van der Waals surface area contributed by atoms with Gasteiger partial charge in [0.1, 0.15) is 10.8 Å². The SMILES string of the molecule is CC(C)(C)OC(=O)N1CC(n2cc(NC(=O)c3nc(Cl)cs3)cn2)C1. The minimum Gasteiger partial charge on any atom is -0.444 e. The summed E-state index contributed by atoms with van der Waals surface area (Å²) >= 11 is 6.89. The van der Waals surface area contributed by atoms with Crippen molar-refractivity contribution in [3.05, 3.63) is 27.9 Å². The molecule has 0 bridgehead atoms. The van der Waals surface area contributed by atoms with Gasteiger partial charge in [0.05, 0.1) is 17.9 Å². The second kappa shape index (κ2) is 6.64. The van der Waals surface area contributed by atoms with E-state index in [1.54, 1.807) is 27.4 Å². The molecular formula is C15H18ClN5O3S. The molecule has 0 unspecified atom stereocenters. The van der Waals surface area contributed by atoms with E-state index in [1.807, 2.05) is 20.8 Å². The van der Waals surface area contributed by atoms with Gasteiger partial charge in [-0.1, -0.05) is 11.6 Å². The van der Waals surface area contributed by atoms with E-state index in [-0.39, 0.29) is 23.0 Å². The molecule has 3 rings (SSSR count). The van der Waals surface area contributed by atoms with E-state index in [1.165, 1.54) is 11.3 Å². The maximum Gasteiger partial charge on any atom is 0.410 e. The molecular weight excluding hydrogens is 366 g/mol. The van der Waals surface area contributed by atoms with E-state index in [2.05, 4.69) is 15.4 Å². The molecule has 2 aromatic rings. The van der Waals surface area contributed by atoms with Gasteiger partial charge in [0.15, 0.2) is 5.01 Å². The normalized spacial score (nSPS) is 15.0. The molecule has 1 N–H and O–H groups in total. The first-order valence-corrected chi connectivity index (χ1v) is 8.91. The fraction of sp³-hybridized carbons (Fsp3) is 0.467. The number of hydrogen-bond acceptors (Lipinski definition) is 6. The summed E-state index contributed by atoms with van der Waals surface area (Å²) in [7, 11) is 0. The van der Waals surface area contributed by atoms with Crippen LogP contribution in [0.15, 0.2) is 17.8 Å². The number of carbonyl (C=O) groups is 2. The Kier molecular flexibility index (Phi) is 4.70. The summed E-state index contributed by atoms with van der Waals surface area (Å²) < 4.78 is 7.05. The smallest absolute Gasteiger partial charge is 0.410 e. The molecule has 0 atom stereocenters. The van der Waals surface area contributed by atoms with Crippen LogP contribution in [0.3, 0.4) is 0 Å². The molecule has 8 nitrogen and oxygen atoms in total. The number of anilines is 1. The van der Waals surface area contributed by atoms with Gasteiger partial charge in [0.2, 0.25) is 0 Å². The second-order valence-corrected chi connectivity index (χ2v) is 7.92. The van der Waals surface area contributed by atoms with Gasteiger partial charge in [-0.05, 0) is 20.8 Å². The van der Waals surface area contributed by atoms with Crippen molar-refractivity contribution < 1.29 is 14.3 Å². The van der Waals surface area contributed by atoms with Crippen LogP contribution in [0.1, 0.15) is 36.6 Å². The Balaban J connectivity index is 1.53. The Hall–Kier alpha value is -2.13. The number of nitrogens with one attached hydrogen (secondary N) is 1. The van der Waals surface area contributed by atoms with E-state index in [0.717, 1.165) is 0 Å². The maximum absolute atomic E-state index is 12.0. The highest BCUT2D eigenvalue weighted by Crippen LogP contribution is 2.24. The van der Waals surface area contributed by atoms with Crippen LogP contribution in [0.5, 0.6) is 0 Å². The topological polar surface area (TPSA) is 89.4 Å². The number of amides is 2. The molecule has 3 heterocycles. The fourth-order valence-corrected chi connectivity index (χ4v) is 3.08. The molecule has 2 aromatic heterocycles. The third-order valence-electron chi connectivity index (χ3n) is 3.42. The summed E-state index contributed by atoms with van der Waals surface area (Å²) in [6.45, 7) is 6.54. The lowest BCUT2D eigenvalue weighted by molar-refractivity contribution is -0.000381. The van der Waals surface area contributed by atoms with Crippen LogP contribution < -0.4 is 5.32 Å². The fourth-order valence-electron chi connectivity index (χ4n) is 2.24. The Morgan fingerprint density at radius 3 is 2.72 bits per heavy atom. The lowest BCUT2D eigenvalue weighted by Crippen LogP contribution is -2.52. The highest BCUT2D eigenvalue weighted by atomic mass is 35.5. The van der Waals surface area contributed by atoms with Crippen LogP contribution >= 0.6 is 22.9 Å². The molecule has 2 amide bonds. The lowest BCUT2D eigenvalue weighted by atomic mass is 10.1. The molecule has 10 heteroatoms. The van der Waals surface area contributed by atoms with E-state index < -0.39 is 5.60 Å². The number of hydrogen-bond donors (Lipinski definition) is 1. The standard InChI is InChI=1S/C15H18ClN5O3S/c1-15(2,3)24-14(23)20-6-10(7-20)21-5-9(4-17-21)18-12(22)13-19-11(16)8-25-13/h4-5,8,10H,6-7H2,1-3H3,(H,18,22). The van der Waals surface area contributed by atoms with Gasteiger partial charge in [-0.25, -0.2) is 9.78 Å². The van der Waals surface area contributed by atoms with E-state index in [0.29, 0.717) is 23.9 Å². The monoisotopic (exact) mass is 383 g/mol. The van der Waals surface area contributed by atoms with Crippen molar-refractivity contribution in [2.75, 3.05) is 18.4 Å². The Bertz CT molecular complexity index is 791. The molecule has 0 spiro atoms. The maximum atomic E-state index is 12.0. The number of rotatable bonds is 3. The van der Waals surface area contributed by atoms with Gasteiger partial charge >= 0.3 is 6.09 Å². The van der Waals surface area contributed by atoms with Crippen LogP contribution in [0, 0.1) is 0 Å². The van der Waals surface area contributed by atoms with E-state index in [4.69, 9.17) is 16.3 Å². The molecule has 1 fully saturated rings. The molecule has 1 aliphatic rings. The lowest BCUT2D eigenvalue weighted by Gasteiger charge is -2.39. The third kappa shape index (κ3) is 4.29. The Labute approximate surface area is 153 Å².